The SMILES string of the molecule is O=C(Cc1ccccc1F)Nc1cnn(-c2cccc(C(=O)Nc3ccc(N4CCOCC4)cc3)c2)c1. The Bertz CT molecular complexity index is 1400. The van der Waals surface area contributed by atoms with E-state index in [0.717, 1.165) is 18.8 Å². The molecule has 0 atom stereocenters. The Kier molecular flexibility index (Phi) is 7.23. The maximum atomic E-state index is 13.8. The van der Waals surface area contributed by atoms with Crippen LogP contribution in [0.25, 0.3) is 5.69 Å². The molecule has 1 saturated heterocycles. The highest BCUT2D eigenvalue weighted by Gasteiger charge is 2.13. The first-order chi connectivity index (χ1) is 18.0. The van der Waals surface area contributed by atoms with Crippen LogP contribution in [0, 0.1) is 5.82 Å². The second-order valence-electron chi connectivity index (χ2n) is 8.64. The Morgan fingerprint density at radius 3 is 2.46 bits per heavy atom. The molecule has 5 rings (SSSR count). The summed E-state index contributed by atoms with van der Waals surface area (Å²) in [5.41, 5.74) is 3.71. The highest BCUT2D eigenvalue weighted by atomic mass is 19.1. The summed E-state index contributed by atoms with van der Waals surface area (Å²) in [5, 5.41) is 9.94. The third kappa shape index (κ3) is 6.02. The zero-order valence-electron chi connectivity index (χ0n) is 20.1. The predicted molar refractivity (Wildman–Crippen MR) is 140 cm³/mol. The lowest BCUT2D eigenvalue weighted by atomic mass is 10.1. The molecule has 9 heteroatoms. The van der Waals surface area contributed by atoms with E-state index in [9.17, 15) is 14.0 Å². The Labute approximate surface area is 213 Å². The number of anilines is 3. The van der Waals surface area contributed by atoms with E-state index in [0.29, 0.717) is 41.4 Å². The monoisotopic (exact) mass is 499 g/mol. The molecule has 1 aliphatic rings. The summed E-state index contributed by atoms with van der Waals surface area (Å²) < 4.78 is 20.8. The number of carbonyl (C=O) groups is 2. The zero-order valence-corrected chi connectivity index (χ0v) is 20.1. The van der Waals surface area contributed by atoms with Crippen LogP contribution in [0.1, 0.15) is 15.9 Å². The van der Waals surface area contributed by atoms with Crippen molar-refractivity contribution in [3.63, 3.8) is 0 Å². The molecule has 2 heterocycles. The molecule has 188 valence electrons. The molecule has 0 saturated carbocycles. The summed E-state index contributed by atoms with van der Waals surface area (Å²) in [6.45, 7) is 3.13. The number of morpholine rings is 1. The Morgan fingerprint density at radius 2 is 1.68 bits per heavy atom. The fourth-order valence-corrected chi connectivity index (χ4v) is 4.12. The van der Waals surface area contributed by atoms with Crippen molar-refractivity contribution in [2.24, 2.45) is 0 Å². The lowest BCUT2D eigenvalue weighted by molar-refractivity contribution is -0.115. The highest BCUT2D eigenvalue weighted by Crippen LogP contribution is 2.20. The number of benzene rings is 3. The molecule has 1 aromatic heterocycles. The normalized spacial score (nSPS) is 13.3. The molecular weight excluding hydrogens is 473 g/mol. The fraction of sp³-hybridized carbons (Fsp3) is 0.179. The number of nitrogens with zero attached hydrogens (tertiary/aromatic N) is 3. The van der Waals surface area contributed by atoms with Crippen LogP contribution in [-0.2, 0) is 16.0 Å². The van der Waals surface area contributed by atoms with Crippen molar-refractivity contribution in [2.45, 2.75) is 6.42 Å². The van der Waals surface area contributed by atoms with Crippen molar-refractivity contribution in [3.05, 3.63) is 102 Å². The summed E-state index contributed by atoms with van der Waals surface area (Å²) in [5.74, 6) is -1.01. The first kappa shape index (κ1) is 24.2. The van der Waals surface area contributed by atoms with Gasteiger partial charge in [-0.25, -0.2) is 9.07 Å². The minimum Gasteiger partial charge on any atom is -0.378 e. The van der Waals surface area contributed by atoms with Crippen LogP contribution < -0.4 is 15.5 Å². The molecule has 0 bridgehead atoms. The van der Waals surface area contributed by atoms with E-state index in [1.54, 1.807) is 47.3 Å². The van der Waals surface area contributed by atoms with Crippen LogP contribution in [0.15, 0.2) is 85.2 Å². The minimum absolute atomic E-state index is 0.0824. The molecule has 1 aliphatic heterocycles. The van der Waals surface area contributed by atoms with Crippen LogP contribution in [0.2, 0.25) is 0 Å². The highest BCUT2D eigenvalue weighted by molar-refractivity contribution is 6.04. The van der Waals surface area contributed by atoms with Gasteiger partial charge in [0.2, 0.25) is 5.91 Å². The summed E-state index contributed by atoms with van der Waals surface area (Å²) in [7, 11) is 0. The van der Waals surface area contributed by atoms with Gasteiger partial charge in [-0.2, -0.15) is 5.10 Å². The smallest absolute Gasteiger partial charge is 0.255 e. The lowest BCUT2D eigenvalue weighted by Crippen LogP contribution is -2.36. The minimum atomic E-state index is -0.420. The van der Waals surface area contributed by atoms with Crippen LogP contribution in [-0.4, -0.2) is 47.9 Å². The Morgan fingerprint density at radius 1 is 0.892 bits per heavy atom. The van der Waals surface area contributed by atoms with E-state index < -0.39 is 5.82 Å². The summed E-state index contributed by atoms with van der Waals surface area (Å²) in [6.07, 6.45) is 3.06. The molecule has 1 fully saturated rings. The van der Waals surface area contributed by atoms with Crippen molar-refractivity contribution in [1.82, 2.24) is 9.78 Å². The molecule has 3 aromatic carbocycles. The zero-order chi connectivity index (χ0) is 25.6. The van der Waals surface area contributed by atoms with Gasteiger partial charge in [0.1, 0.15) is 5.82 Å². The van der Waals surface area contributed by atoms with Crippen LogP contribution in [0.3, 0.4) is 0 Å². The van der Waals surface area contributed by atoms with Gasteiger partial charge in [-0.1, -0.05) is 24.3 Å². The second kappa shape index (κ2) is 11.0. The van der Waals surface area contributed by atoms with Crippen molar-refractivity contribution >= 4 is 28.9 Å². The fourth-order valence-electron chi connectivity index (χ4n) is 4.12. The van der Waals surface area contributed by atoms with Gasteiger partial charge in [-0.05, 0) is 54.1 Å². The van der Waals surface area contributed by atoms with E-state index in [4.69, 9.17) is 4.74 Å². The van der Waals surface area contributed by atoms with Crippen molar-refractivity contribution in [2.75, 3.05) is 41.8 Å². The summed E-state index contributed by atoms with van der Waals surface area (Å²) in [4.78, 5) is 27.5. The second-order valence-corrected chi connectivity index (χ2v) is 8.64. The molecule has 2 amide bonds. The molecule has 37 heavy (non-hydrogen) atoms. The van der Waals surface area contributed by atoms with Crippen LogP contribution in [0.5, 0.6) is 0 Å². The number of halogens is 1. The first-order valence-corrected chi connectivity index (χ1v) is 12.0. The molecule has 0 unspecified atom stereocenters. The van der Waals surface area contributed by atoms with Gasteiger partial charge >= 0.3 is 0 Å². The van der Waals surface area contributed by atoms with Crippen molar-refractivity contribution in [1.29, 1.82) is 0 Å². The van der Waals surface area contributed by atoms with E-state index in [-0.39, 0.29) is 18.2 Å². The van der Waals surface area contributed by atoms with Crippen molar-refractivity contribution in [3.8, 4) is 5.69 Å². The average Bonchev–Trinajstić information content (AvgIpc) is 3.39. The molecule has 0 spiro atoms. The Balaban J connectivity index is 1.21. The van der Waals surface area contributed by atoms with Gasteiger partial charge in [0.15, 0.2) is 0 Å². The van der Waals surface area contributed by atoms with Gasteiger partial charge in [0.05, 0.1) is 43.4 Å². The van der Waals surface area contributed by atoms with E-state index in [2.05, 4.69) is 20.6 Å². The maximum Gasteiger partial charge on any atom is 0.255 e. The predicted octanol–water partition coefficient (Wildman–Crippen LogP) is 4.28. The van der Waals surface area contributed by atoms with E-state index in [1.165, 1.54) is 12.3 Å². The molecular formula is C28H26FN5O3. The van der Waals surface area contributed by atoms with Gasteiger partial charge < -0.3 is 20.3 Å². The lowest BCUT2D eigenvalue weighted by Gasteiger charge is -2.28. The quantitative estimate of drug-likeness (QED) is 0.396. The first-order valence-electron chi connectivity index (χ1n) is 12.0. The number of amides is 2. The molecule has 8 nitrogen and oxygen atoms in total. The maximum absolute atomic E-state index is 13.8. The largest absolute Gasteiger partial charge is 0.378 e. The third-order valence-corrected chi connectivity index (χ3v) is 6.05. The van der Waals surface area contributed by atoms with E-state index in [1.807, 2.05) is 30.3 Å². The topological polar surface area (TPSA) is 88.5 Å². The molecule has 0 radical (unpaired) electrons. The molecule has 2 N–H and O–H groups in total. The average molecular weight is 500 g/mol. The van der Waals surface area contributed by atoms with E-state index >= 15 is 0 Å². The summed E-state index contributed by atoms with van der Waals surface area (Å²) >= 11 is 0. The number of ether oxygens (including phenoxy) is 1. The molecule has 0 aliphatic carbocycles. The van der Waals surface area contributed by atoms with Gasteiger partial charge in [-0.3, -0.25) is 9.59 Å². The van der Waals surface area contributed by atoms with Gasteiger partial charge in [-0.15, -0.1) is 0 Å². The van der Waals surface area contributed by atoms with Crippen molar-refractivity contribution < 1.29 is 18.7 Å². The Hall–Kier alpha value is -4.50. The number of aromatic nitrogens is 2. The number of nitrogens with one attached hydrogen (secondary N) is 2. The number of hydrogen-bond acceptors (Lipinski definition) is 5. The van der Waals surface area contributed by atoms with Gasteiger partial charge in [0.25, 0.3) is 5.91 Å². The number of carbonyl (C=O) groups excluding carboxylic acids is 2. The number of hydrogen-bond donors (Lipinski definition) is 2. The van der Waals surface area contributed by atoms with Crippen LogP contribution >= 0.6 is 0 Å². The standard InChI is InChI=1S/C28H26FN5O3/c29-26-7-2-1-4-20(26)17-27(35)31-23-18-30-34(19-23)25-6-3-5-21(16-25)28(36)32-22-8-10-24(11-9-22)33-12-14-37-15-13-33/h1-11,16,18-19H,12-15,17H2,(H,31,35)(H,32,36). The number of rotatable bonds is 7. The third-order valence-electron chi connectivity index (χ3n) is 6.05. The van der Waals surface area contributed by atoms with Crippen LogP contribution in [0.4, 0.5) is 21.5 Å². The summed E-state index contributed by atoms with van der Waals surface area (Å²) in [6, 6.07) is 20.9. The van der Waals surface area contributed by atoms with Gasteiger partial charge in [0, 0.05) is 30.0 Å². The molecule has 4 aromatic rings.